The molecule has 0 aromatic carbocycles. The predicted octanol–water partition coefficient (Wildman–Crippen LogP) is 1.33. The molecule has 3 nitrogen and oxygen atoms in total. The maximum atomic E-state index is 11.2. The number of carbonyl (C=O) groups excluding carboxylic acids is 1. The van der Waals surface area contributed by atoms with E-state index in [4.69, 9.17) is 4.74 Å². The summed E-state index contributed by atoms with van der Waals surface area (Å²) in [6.07, 6.45) is 3.44. The van der Waals surface area contributed by atoms with E-state index in [0.29, 0.717) is 12.0 Å². The van der Waals surface area contributed by atoms with Gasteiger partial charge in [0.1, 0.15) is 6.61 Å². The molecule has 0 spiro atoms. The van der Waals surface area contributed by atoms with Gasteiger partial charge in [-0.05, 0) is 24.7 Å². The Bertz CT molecular complexity index is 176. The molecule has 1 saturated carbocycles. The average Bonchev–Trinajstić information content (AvgIpc) is 2.82. The van der Waals surface area contributed by atoms with Gasteiger partial charge in [-0.2, -0.15) is 0 Å². The number of nitrogens with one attached hydrogen (secondary N) is 1. The van der Waals surface area contributed by atoms with Gasteiger partial charge in [0.25, 0.3) is 0 Å². The van der Waals surface area contributed by atoms with Crippen molar-refractivity contribution in [2.45, 2.75) is 33.1 Å². The summed E-state index contributed by atoms with van der Waals surface area (Å²) in [6.45, 7) is 5.92. The van der Waals surface area contributed by atoms with Crippen molar-refractivity contribution in [3.05, 3.63) is 0 Å². The highest BCUT2D eigenvalue weighted by Crippen LogP contribution is 2.43. The molecule has 0 saturated heterocycles. The summed E-state index contributed by atoms with van der Waals surface area (Å²) in [5.41, 5.74) is 0.389. The Labute approximate surface area is 79.8 Å². The van der Waals surface area contributed by atoms with Gasteiger partial charge in [0.2, 0.25) is 5.91 Å². The zero-order chi connectivity index (χ0) is 9.73. The van der Waals surface area contributed by atoms with Crippen molar-refractivity contribution in [3.63, 3.8) is 0 Å². The van der Waals surface area contributed by atoms with Gasteiger partial charge in [0.15, 0.2) is 0 Å². The van der Waals surface area contributed by atoms with Crippen LogP contribution in [0, 0.1) is 5.41 Å². The van der Waals surface area contributed by atoms with E-state index in [2.05, 4.69) is 12.2 Å². The third-order valence-corrected chi connectivity index (χ3v) is 2.40. The van der Waals surface area contributed by atoms with Gasteiger partial charge in [0.05, 0.1) is 0 Å². The molecule has 0 aromatic heterocycles. The van der Waals surface area contributed by atoms with Gasteiger partial charge in [-0.1, -0.05) is 13.8 Å². The van der Waals surface area contributed by atoms with Gasteiger partial charge in [-0.25, -0.2) is 0 Å². The Morgan fingerprint density at radius 2 is 2.23 bits per heavy atom. The number of carbonyl (C=O) groups is 1. The summed E-state index contributed by atoms with van der Waals surface area (Å²) >= 11 is 0. The summed E-state index contributed by atoms with van der Waals surface area (Å²) < 4.78 is 5.12. The predicted molar refractivity (Wildman–Crippen MR) is 51.5 cm³/mol. The summed E-state index contributed by atoms with van der Waals surface area (Å²) in [5.74, 6) is 0.0153. The van der Waals surface area contributed by atoms with E-state index >= 15 is 0 Å². The first-order chi connectivity index (χ1) is 6.16. The molecule has 3 heteroatoms. The molecule has 0 heterocycles. The van der Waals surface area contributed by atoms with Crippen LogP contribution in [0.15, 0.2) is 0 Å². The molecule has 13 heavy (non-hydrogen) atoms. The molecule has 0 unspecified atom stereocenters. The van der Waals surface area contributed by atoms with Crippen LogP contribution in [-0.4, -0.2) is 25.7 Å². The van der Waals surface area contributed by atoms with Crippen molar-refractivity contribution >= 4 is 5.91 Å². The van der Waals surface area contributed by atoms with Crippen LogP contribution in [0.1, 0.15) is 33.1 Å². The van der Waals surface area contributed by atoms with E-state index in [1.54, 1.807) is 0 Å². The van der Waals surface area contributed by atoms with Gasteiger partial charge >= 0.3 is 0 Å². The molecule has 1 aliphatic carbocycles. The maximum Gasteiger partial charge on any atom is 0.246 e. The molecule has 0 aromatic rings. The maximum absolute atomic E-state index is 11.2. The highest BCUT2D eigenvalue weighted by Gasteiger charge is 2.37. The Balaban J connectivity index is 1.97. The summed E-state index contributed by atoms with van der Waals surface area (Å²) in [5, 5.41) is 2.88. The van der Waals surface area contributed by atoms with Crippen molar-refractivity contribution in [3.8, 4) is 0 Å². The van der Waals surface area contributed by atoms with Gasteiger partial charge in [-0.3, -0.25) is 4.79 Å². The minimum Gasteiger partial charge on any atom is -0.372 e. The molecule has 0 bridgehead atoms. The Morgan fingerprint density at radius 3 is 2.77 bits per heavy atom. The summed E-state index contributed by atoms with van der Waals surface area (Å²) in [7, 11) is 0. The molecule has 0 atom stereocenters. The Kier molecular flexibility index (Phi) is 3.72. The van der Waals surface area contributed by atoms with Crippen LogP contribution in [0.25, 0.3) is 0 Å². The van der Waals surface area contributed by atoms with Crippen molar-refractivity contribution in [1.29, 1.82) is 0 Å². The van der Waals surface area contributed by atoms with Crippen molar-refractivity contribution in [2.75, 3.05) is 19.8 Å². The SMILES string of the molecule is CCCOCC(=O)NCC1(C)CC1. The monoisotopic (exact) mass is 185 g/mol. The number of rotatable bonds is 6. The second kappa shape index (κ2) is 4.61. The van der Waals surface area contributed by atoms with Crippen molar-refractivity contribution < 1.29 is 9.53 Å². The summed E-state index contributed by atoms with van der Waals surface area (Å²) in [4.78, 5) is 11.2. The molecular formula is C10H19NO2. The molecule has 1 amide bonds. The lowest BCUT2D eigenvalue weighted by molar-refractivity contribution is -0.125. The van der Waals surface area contributed by atoms with Crippen LogP contribution in [0.4, 0.5) is 0 Å². The fourth-order valence-corrected chi connectivity index (χ4v) is 1.06. The van der Waals surface area contributed by atoms with Gasteiger partial charge in [0, 0.05) is 13.2 Å². The molecule has 1 fully saturated rings. The van der Waals surface area contributed by atoms with Crippen LogP contribution < -0.4 is 5.32 Å². The Hall–Kier alpha value is -0.570. The molecule has 0 radical (unpaired) electrons. The van der Waals surface area contributed by atoms with Gasteiger partial charge < -0.3 is 10.1 Å². The largest absolute Gasteiger partial charge is 0.372 e. The topological polar surface area (TPSA) is 38.3 Å². The first kappa shape index (κ1) is 10.5. The lowest BCUT2D eigenvalue weighted by atomic mass is 10.1. The van der Waals surface area contributed by atoms with Crippen LogP contribution in [-0.2, 0) is 9.53 Å². The van der Waals surface area contributed by atoms with E-state index < -0.39 is 0 Å². The van der Waals surface area contributed by atoms with Crippen LogP contribution in [0.5, 0.6) is 0 Å². The van der Waals surface area contributed by atoms with Crippen LogP contribution in [0.2, 0.25) is 0 Å². The lowest BCUT2D eigenvalue weighted by Gasteiger charge is -2.09. The molecule has 0 aliphatic heterocycles. The molecular weight excluding hydrogens is 166 g/mol. The average molecular weight is 185 g/mol. The van der Waals surface area contributed by atoms with Crippen molar-refractivity contribution in [1.82, 2.24) is 5.32 Å². The molecule has 1 aliphatic rings. The quantitative estimate of drug-likeness (QED) is 0.634. The Morgan fingerprint density at radius 1 is 1.54 bits per heavy atom. The fraction of sp³-hybridized carbons (Fsp3) is 0.900. The first-order valence-electron chi connectivity index (χ1n) is 5.01. The number of hydrogen-bond acceptors (Lipinski definition) is 2. The number of hydrogen-bond donors (Lipinski definition) is 1. The second-order valence-electron chi connectivity index (χ2n) is 4.14. The van der Waals surface area contributed by atoms with Gasteiger partial charge in [-0.15, -0.1) is 0 Å². The smallest absolute Gasteiger partial charge is 0.246 e. The standard InChI is InChI=1S/C10H19NO2/c1-3-6-13-7-9(12)11-8-10(2)4-5-10/h3-8H2,1-2H3,(H,11,12). The first-order valence-corrected chi connectivity index (χ1v) is 5.01. The third-order valence-electron chi connectivity index (χ3n) is 2.40. The van der Waals surface area contributed by atoms with Crippen LogP contribution in [0.3, 0.4) is 0 Å². The highest BCUT2D eigenvalue weighted by molar-refractivity contribution is 5.77. The molecule has 1 N–H and O–H groups in total. The summed E-state index contributed by atoms with van der Waals surface area (Å²) in [6, 6.07) is 0. The second-order valence-corrected chi connectivity index (χ2v) is 4.14. The lowest BCUT2D eigenvalue weighted by Crippen LogP contribution is -2.32. The highest BCUT2D eigenvalue weighted by atomic mass is 16.5. The van der Waals surface area contributed by atoms with Crippen molar-refractivity contribution in [2.24, 2.45) is 5.41 Å². The minimum atomic E-state index is 0.0153. The zero-order valence-electron chi connectivity index (χ0n) is 8.56. The van der Waals surface area contributed by atoms with E-state index in [1.165, 1.54) is 12.8 Å². The fourth-order valence-electron chi connectivity index (χ4n) is 1.06. The molecule has 76 valence electrons. The number of amides is 1. The van der Waals surface area contributed by atoms with E-state index in [-0.39, 0.29) is 12.5 Å². The zero-order valence-corrected chi connectivity index (χ0v) is 8.56. The van der Waals surface area contributed by atoms with E-state index in [1.807, 2.05) is 6.92 Å². The van der Waals surface area contributed by atoms with Crippen LogP contribution >= 0.6 is 0 Å². The third kappa shape index (κ3) is 4.27. The van der Waals surface area contributed by atoms with E-state index in [0.717, 1.165) is 13.0 Å². The normalized spacial score (nSPS) is 18.3. The van der Waals surface area contributed by atoms with E-state index in [9.17, 15) is 4.79 Å². The molecule has 1 rings (SSSR count). The minimum absolute atomic E-state index is 0.0153. The number of ether oxygens (including phenoxy) is 1.